The molecule has 0 saturated carbocycles. The number of anilines is 1. The van der Waals surface area contributed by atoms with Crippen molar-refractivity contribution < 1.29 is 9.63 Å². The maximum Gasteiger partial charge on any atom is 0.268 e. The number of carbonyl (C=O) groups is 1. The van der Waals surface area contributed by atoms with Crippen molar-refractivity contribution in [3.63, 3.8) is 0 Å². The van der Waals surface area contributed by atoms with Crippen LogP contribution in [0.4, 0.5) is 5.69 Å². The molecular weight excluding hydrogens is 348 g/mol. The largest absolute Gasteiger partial charge is 0.382 e. The Kier molecular flexibility index (Phi) is 3.98. The van der Waals surface area contributed by atoms with E-state index in [4.69, 9.17) is 4.84 Å². The minimum atomic E-state index is -0.617. The van der Waals surface area contributed by atoms with Gasteiger partial charge in [-0.15, -0.1) is 0 Å². The highest BCUT2D eigenvalue weighted by atomic mass is 79.9. The number of halogens is 1. The number of nitrogens with zero attached hydrogens (tertiary/aromatic N) is 3. The number of oxime groups is 1. The molecule has 1 aromatic carbocycles. The van der Waals surface area contributed by atoms with E-state index in [9.17, 15) is 4.79 Å². The molecule has 0 bridgehead atoms. The first-order valence-corrected chi connectivity index (χ1v) is 7.62. The first kappa shape index (κ1) is 14.8. The standard InChI is InChI=1S/C15H15BrN4O2/c1-9-13(8-17-20(9)2)18-15(21)14-7-12(19-22-14)10-4-3-5-11(16)6-10/h3-6,8,14H,7H2,1-2H3,(H,18,21). The quantitative estimate of drug-likeness (QED) is 0.912. The molecule has 1 aliphatic heterocycles. The molecule has 6 nitrogen and oxygen atoms in total. The van der Waals surface area contributed by atoms with E-state index in [0.717, 1.165) is 21.4 Å². The molecule has 0 radical (unpaired) electrons. The van der Waals surface area contributed by atoms with E-state index in [2.05, 4.69) is 31.5 Å². The number of hydrogen-bond donors (Lipinski definition) is 1. The summed E-state index contributed by atoms with van der Waals surface area (Å²) in [6.07, 6.45) is 1.45. The molecule has 0 saturated heterocycles. The van der Waals surface area contributed by atoms with Gasteiger partial charge < -0.3 is 10.2 Å². The Hall–Kier alpha value is -2.15. The number of rotatable bonds is 3. The Balaban J connectivity index is 1.66. The van der Waals surface area contributed by atoms with Crippen LogP contribution in [0.1, 0.15) is 17.7 Å². The van der Waals surface area contributed by atoms with Crippen LogP contribution in [0.15, 0.2) is 40.1 Å². The van der Waals surface area contributed by atoms with Crippen LogP contribution < -0.4 is 5.32 Å². The van der Waals surface area contributed by atoms with Gasteiger partial charge in [0.15, 0.2) is 0 Å². The van der Waals surface area contributed by atoms with E-state index < -0.39 is 6.10 Å². The van der Waals surface area contributed by atoms with Crippen LogP contribution in [0.5, 0.6) is 0 Å². The SMILES string of the molecule is Cc1c(NC(=O)C2CC(c3cccc(Br)c3)=NO2)cnn1C. The Labute approximate surface area is 136 Å². The molecule has 114 valence electrons. The van der Waals surface area contributed by atoms with Crippen molar-refractivity contribution in [3.05, 3.63) is 46.2 Å². The van der Waals surface area contributed by atoms with Crippen LogP contribution in [0.2, 0.25) is 0 Å². The van der Waals surface area contributed by atoms with Crippen LogP contribution in [0, 0.1) is 6.92 Å². The molecule has 7 heteroatoms. The molecule has 1 aromatic heterocycles. The van der Waals surface area contributed by atoms with Crippen molar-refractivity contribution in [1.82, 2.24) is 9.78 Å². The summed E-state index contributed by atoms with van der Waals surface area (Å²) in [5, 5.41) is 11.0. The molecule has 0 aliphatic carbocycles. The first-order valence-electron chi connectivity index (χ1n) is 6.82. The van der Waals surface area contributed by atoms with E-state index in [0.29, 0.717) is 12.1 Å². The summed E-state index contributed by atoms with van der Waals surface area (Å²) in [6.45, 7) is 1.89. The summed E-state index contributed by atoms with van der Waals surface area (Å²) < 4.78 is 2.67. The molecule has 3 rings (SSSR count). The van der Waals surface area contributed by atoms with E-state index in [1.165, 1.54) is 0 Å². The Bertz CT molecular complexity index is 754. The van der Waals surface area contributed by atoms with Gasteiger partial charge in [0.05, 0.1) is 23.3 Å². The van der Waals surface area contributed by atoms with Gasteiger partial charge in [0.1, 0.15) is 0 Å². The van der Waals surface area contributed by atoms with Crippen LogP contribution in [0.3, 0.4) is 0 Å². The molecule has 1 atom stereocenters. The second-order valence-corrected chi connectivity index (χ2v) is 6.02. The zero-order valence-corrected chi connectivity index (χ0v) is 13.8. The maximum absolute atomic E-state index is 12.3. The smallest absolute Gasteiger partial charge is 0.268 e. The maximum atomic E-state index is 12.3. The molecule has 0 spiro atoms. The second-order valence-electron chi connectivity index (χ2n) is 5.10. The molecule has 0 fully saturated rings. The first-order chi connectivity index (χ1) is 10.5. The fourth-order valence-electron chi connectivity index (χ4n) is 2.19. The molecule has 1 aliphatic rings. The minimum absolute atomic E-state index is 0.218. The van der Waals surface area contributed by atoms with E-state index in [1.54, 1.807) is 10.9 Å². The van der Waals surface area contributed by atoms with Gasteiger partial charge in [-0.25, -0.2) is 0 Å². The number of aromatic nitrogens is 2. The third-order valence-electron chi connectivity index (χ3n) is 3.61. The van der Waals surface area contributed by atoms with Crippen molar-refractivity contribution in [2.24, 2.45) is 12.2 Å². The highest BCUT2D eigenvalue weighted by Gasteiger charge is 2.29. The summed E-state index contributed by atoms with van der Waals surface area (Å²) in [6, 6.07) is 7.76. The average Bonchev–Trinajstić information content (AvgIpc) is 3.10. The van der Waals surface area contributed by atoms with Crippen LogP contribution in [0.25, 0.3) is 0 Å². The molecule has 1 unspecified atom stereocenters. The number of nitrogens with one attached hydrogen (secondary N) is 1. The molecular formula is C15H15BrN4O2. The summed E-state index contributed by atoms with van der Waals surface area (Å²) in [4.78, 5) is 17.5. The molecule has 22 heavy (non-hydrogen) atoms. The van der Waals surface area contributed by atoms with Gasteiger partial charge >= 0.3 is 0 Å². The van der Waals surface area contributed by atoms with Crippen molar-refractivity contribution in [3.8, 4) is 0 Å². The van der Waals surface area contributed by atoms with Crippen molar-refractivity contribution >= 4 is 33.2 Å². The minimum Gasteiger partial charge on any atom is -0.382 e. The highest BCUT2D eigenvalue weighted by molar-refractivity contribution is 9.10. The topological polar surface area (TPSA) is 68.5 Å². The predicted molar refractivity (Wildman–Crippen MR) is 86.7 cm³/mol. The monoisotopic (exact) mass is 362 g/mol. The summed E-state index contributed by atoms with van der Waals surface area (Å²) in [5.74, 6) is -0.218. The zero-order valence-electron chi connectivity index (χ0n) is 12.2. The molecule has 1 amide bonds. The number of amides is 1. The Morgan fingerprint density at radius 2 is 2.32 bits per heavy atom. The predicted octanol–water partition coefficient (Wildman–Crippen LogP) is 2.62. The average molecular weight is 363 g/mol. The second kappa shape index (κ2) is 5.92. The van der Waals surface area contributed by atoms with Crippen molar-refractivity contribution in [2.75, 3.05) is 5.32 Å². The number of aryl methyl sites for hydroxylation is 1. The molecule has 2 heterocycles. The molecule has 2 aromatic rings. The van der Waals surface area contributed by atoms with E-state index in [1.807, 2.05) is 38.2 Å². The van der Waals surface area contributed by atoms with Gasteiger partial charge in [-0.05, 0) is 19.1 Å². The van der Waals surface area contributed by atoms with Gasteiger partial charge in [0.25, 0.3) is 5.91 Å². The van der Waals surface area contributed by atoms with Gasteiger partial charge in [-0.1, -0.05) is 33.2 Å². The fraction of sp³-hybridized carbons (Fsp3) is 0.267. The van der Waals surface area contributed by atoms with Gasteiger partial charge in [-0.3, -0.25) is 9.48 Å². The zero-order chi connectivity index (χ0) is 15.7. The normalized spacial score (nSPS) is 17.0. The summed E-state index contributed by atoms with van der Waals surface area (Å²) in [5.41, 5.74) is 3.29. The van der Waals surface area contributed by atoms with Gasteiger partial charge in [0, 0.05) is 23.5 Å². The Morgan fingerprint density at radius 1 is 1.50 bits per heavy atom. The lowest BCUT2D eigenvalue weighted by atomic mass is 10.0. The summed E-state index contributed by atoms with van der Waals surface area (Å²) in [7, 11) is 1.82. The summed E-state index contributed by atoms with van der Waals surface area (Å²) >= 11 is 3.42. The van der Waals surface area contributed by atoms with Gasteiger partial charge in [0.2, 0.25) is 6.10 Å². The van der Waals surface area contributed by atoms with Crippen LogP contribution in [-0.4, -0.2) is 27.5 Å². The van der Waals surface area contributed by atoms with E-state index >= 15 is 0 Å². The Morgan fingerprint density at radius 3 is 3.00 bits per heavy atom. The lowest BCUT2D eigenvalue weighted by Gasteiger charge is -2.09. The fourth-order valence-corrected chi connectivity index (χ4v) is 2.59. The number of carbonyl (C=O) groups excluding carboxylic acids is 1. The third-order valence-corrected chi connectivity index (χ3v) is 4.11. The van der Waals surface area contributed by atoms with Gasteiger partial charge in [-0.2, -0.15) is 5.10 Å². The van der Waals surface area contributed by atoms with E-state index in [-0.39, 0.29) is 5.91 Å². The molecule has 1 N–H and O–H groups in total. The number of hydrogen-bond acceptors (Lipinski definition) is 4. The lowest BCUT2D eigenvalue weighted by Crippen LogP contribution is -2.28. The highest BCUT2D eigenvalue weighted by Crippen LogP contribution is 2.21. The van der Waals surface area contributed by atoms with Crippen molar-refractivity contribution in [1.29, 1.82) is 0 Å². The van der Waals surface area contributed by atoms with Crippen molar-refractivity contribution in [2.45, 2.75) is 19.4 Å². The number of benzene rings is 1. The lowest BCUT2D eigenvalue weighted by molar-refractivity contribution is -0.125. The van der Waals surface area contributed by atoms with Crippen LogP contribution >= 0.6 is 15.9 Å². The van der Waals surface area contributed by atoms with Crippen LogP contribution in [-0.2, 0) is 16.7 Å². The third kappa shape index (κ3) is 2.89.